The summed E-state index contributed by atoms with van der Waals surface area (Å²) in [7, 11) is 1.86. The standard InChI is InChI=1S/C29H27BrN2O/c1-31(28-19-11-9-17-26(28)25-16-8-10-18-27(25)30)29(33)22-32(20-23-12-4-2-5-13-23)21-24-14-6-3-7-15-24/h2-19H,20-22H2,1H3. The molecule has 0 aliphatic carbocycles. The van der Waals surface area contributed by atoms with Crippen molar-refractivity contribution in [2.24, 2.45) is 0 Å². The summed E-state index contributed by atoms with van der Waals surface area (Å²) < 4.78 is 1.01. The van der Waals surface area contributed by atoms with Crippen molar-refractivity contribution in [3.63, 3.8) is 0 Å². The third-order valence-corrected chi connectivity index (χ3v) is 6.35. The Hall–Kier alpha value is -3.21. The summed E-state index contributed by atoms with van der Waals surface area (Å²) in [6, 6.07) is 36.8. The molecule has 0 fully saturated rings. The topological polar surface area (TPSA) is 23.6 Å². The van der Waals surface area contributed by atoms with E-state index in [9.17, 15) is 4.79 Å². The summed E-state index contributed by atoms with van der Waals surface area (Å²) >= 11 is 3.66. The third kappa shape index (κ3) is 5.98. The van der Waals surface area contributed by atoms with Crippen molar-refractivity contribution >= 4 is 27.5 Å². The molecule has 0 bridgehead atoms. The molecule has 0 aliphatic rings. The van der Waals surface area contributed by atoms with E-state index in [1.807, 2.05) is 79.8 Å². The lowest BCUT2D eigenvalue weighted by Gasteiger charge is -2.27. The molecule has 0 spiro atoms. The average molecular weight is 499 g/mol. The van der Waals surface area contributed by atoms with Crippen LogP contribution < -0.4 is 4.90 Å². The van der Waals surface area contributed by atoms with E-state index >= 15 is 0 Å². The quantitative estimate of drug-likeness (QED) is 0.267. The maximum atomic E-state index is 13.5. The fourth-order valence-electron chi connectivity index (χ4n) is 3.96. The highest BCUT2D eigenvalue weighted by Gasteiger charge is 2.19. The first-order valence-corrected chi connectivity index (χ1v) is 11.8. The number of amides is 1. The van der Waals surface area contributed by atoms with Crippen LogP contribution in [-0.2, 0) is 17.9 Å². The summed E-state index contributed by atoms with van der Waals surface area (Å²) in [5.74, 6) is 0.0568. The lowest BCUT2D eigenvalue weighted by molar-refractivity contribution is -0.119. The predicted octanol–water partition coefficient (Wildman–Crippen LogP) is 6.78. The van der Waals surface area contributed by atoms with Crippen LogP contribution in [0.5, 0.6) is 0 Å². The molecule has 0 saturated carbocycles. The molecule has 166 valence electrons. The molecule has 33 heavy (non-hydrogen) atoms. The van der Waals surface area contributed by atoms with E-state index in [0.717, 1.165) is 21.3 Å². The minimum absolute atomic E-state index is 0.0568. The molecule has 0 unspecified atom stereocenters. The zero-order valence-electron chi connectivity index (χ0n) is 18.7. The van der Waals surface area contributed by atoms with Crippen LogP contribution in [0.15, 0.2) is 114 Å². The molecule has 1 amide bonds. The zero-order chi connectivity index (χ0) is 23.0. The first-order valence-electron chi connectivity index (χ1n) is 11.0. The number of nitrogens with zero attached hydrogens (tertiary/aromatic N) is 2. The van der Waals surface area contributed by atoms with Gasteiger partial charge in [-0.2, -0.15) is 0 Å². The Morgan fingerprint density at radius 3 is 1.73 bits per heavy atom. The van der Waals surface area contributed by atoms with Crippen molar-refractivity contribution in [2.45, 2.75) is 13.1 Å². The summed E-state index contributed by atoms with van der Waals surface area (Å²) in [6.07, 6.45) is 0. The summed E-state index contributed by atoms with van der Waals surface area (Å²) in [6.45, 7) is 1.74. The molecule has 4 heteroatoms. The highest BCUT2D eigenvalue weighted by molar-refractivity contribution is 9.10. The van der Waals surface area contributed by atoms with Gasteiger partial charge < -0.3 is 4.90 Å². The highest BCUT2D eigenvalue weighted by atomic mass is 79.9. The van der Waals surface area contributed by atoms with Crippen molar-refractivity contribution in [1.29, 1.82) is 0 Å². The van der Waals surface area contributed by atoms with Crippen LogP contribution in [0.2, 0.25) is 0 Å². The largest absolute Gasteiger partial charge is 0.314 e. The Morgan fingerprint density at radius 2 is 1.15 bits per heavy atom. The van der Waals surface area contributed by atoms with E-state index in [2.05, 4.69) is 57.2 Å². The second-order valence-electron chi connectivity index (χ2n) is 8.07. The molecular formula is C29H27BrN2O. The van der Waals surface area contributed by atoms with Gasteiger partial charge in [0.15, 0.2) is 0 Å². The van der Waals surface area contributed by atoms with Crippen molar-refractivity contribution in [2.75, 3.05) is 18.5 Å². The van der Waals surface area contributed by atoms with Gasteiger partial charge in [-0.15, -0.1) is 0 Å². The maximum absolute atomic E-state index is 13.5. The van der Waals surface area contributed by atoms with E-state index in [0.29, 0.717) is 19.6 Å². The lowest BCUT2D eigenvalue weighted by atomic mass is 10.0. The van der Waals surface area contributed by atoms with Crippen LogP contribution in [0.3, 0.4) is 0 Å². The molecule has 0 atom stereocenters. The Balaban J connectivity index is 1.57. The van der Waals surface area contributed by atoms with Gasteiger partial charge in [0.25, 0.3) is 0 Å². The molecule has 0 N–H and O–H groups in total. The van der Waals surface area contributed by atoms with Gasteiger partial charge in [-0.05, 0) is 28.8 Å². The summed E-state index contributed by atoms with van der Waals surface area (Å²) in [4.78, 5) is 17.4. The van der Waals surface area contributed by atoms with E-state index in [-0.39, 0.29) is 5.91 Å². The Bertz CT molecular complexity index is 1150. The Labute approximate surface area is 204 Å². The summed E-state index contributed by atoms with van der Waals surface area (Å²) in [5.41, 5.74) is 5.38. The van der Waals surface area contributed by atoms with E-state index in [4.69, 9.17) is 0 Å². The van der Waals surface area contributed by atoms with Crippen molar-refractivity contribution in [1.82, 2.24) is 4.90 Å². The van der Waals surface area contributed by atoms with Gasteiger partial charge >= 0.3 is 0 Å². The number of hydrogen-bond acceptors (Lipinski definition) is 2. The van der Waals surface area contributed by atoms with Gasteiger partial charge in [-0.25, -0.2) is 0 Å². The second-order valence-corrected chi connectivity index (χ2v) is 8.92. The minimum Gasteiger partial charge on any atom is -0.314 e. The number of benzene rings is 4. The van der Waals surface area contributed by atoms with E-state index in [1.165, 1.54) is 11.1 Å². The van der Waals surface area contributed by atoms with Crippen LogP contribution in [0.25, 0.3) is 11.1 Å². The Kier molecular flexibility index (Phi) is 7.71. The third-order valence-electron chi connectivity index (χ3n) is 5.66. The highest BCUT2D eigenvalue weighted by Crippen LogP contribution is 2.35. The Morgan fingerprint density at radius 1 is 0.667 bits per heavy atom. The van der Waals surface area contributed by atoms with Gasteiger partial charge in [0, 0.05) is 30.2 Å². The first-order chi connectivity index (χ1) is 16.1. The number of carbonyl (C=O) groups excluding carboxylic acids is 1. The number of rotatable bonds is 8. The summed E-state index contributed by atoms with van der Waals surface area (Å²) in [5, 5.41) is 0. The molecule has 0 saturated heterocycles. The first kappa shape index (κ1) is 23.0. The van der Waals surface area contributed by atoms with E-state index in [1.54, 1.807) is 4.90 Å². The molecule has 0 radical (unpaired) electrons. The average Bonchev–Trinajstić information content (AvgIpc) is 2.85. The van der Waals surface area contributed by atoms with Gasteiger partial charge in [0.1, 0.15) is 0 Å². The molecule has 4 rings (SSSR count). The van der Waals surface area contributed by atoms with Crippen molar-refractivity contribution in [3.05, 3.63) is 125 Å². The molecule has 4 aromatic carbocycles. The molecule has 0 aliphatic heterocycles. The predicted molar refractivity (Wildman–Crippen MR) is 140 cm³/mol. The van der Waals surface area contributed by atoms with Crippen molar-refractivity contribution < 1.29 is 4.79 Å². The molecular weight excluding hydrogens is 472 g/mol. The van der Waals surface area contributed by atoms with Crippen LogP contribution in [0.1, 0.15) is 11.1 Å². The van der Waals surface area contributed by atoms with Crippen LogP contribution >= 0.6 is 15.9 Å². The fourth-order valence-corrected chi connectivity index (χ4v) is 4.45. The second kappa shape index (κ2) is 11.1. The van der Waals surface area contributed by atoms with Gasteiger partial charge in [0.2, 0.25) is 5.91 Å². The molecule has 4 aromatic rings. The monoisotopic (exact) mass is 498 g/mol. The number of hydrogen-bond donors (Lipinski definition) is 0. The van der Waals surface area contributed by atoms with Gasteiger partial charge in [0.05, 0.1) is 12.2 Å². The molecule has 0 aromatic heterocycles. The molecule has 0 heterocycles. The number of likely N-dealkylation sites (N-methyl/N-ethyl adjacent to an activating group) is 1. The molecule has 3 nitrogen and oxygen atoms in total. The number of carbonyl (C=O) groups is 1. The number of halogens is 1. The smallest absolute Gasteiger partial charge is 0.240 e. The van der Waals surface area contributed by atoms with Crippen LogP contribution in [-0.4, -0.2) is 24.4 Å². The van der Waals surface area contributed by atoms with Crippen molar-refractivity contribution in [3.8, 4) is 11.1 Å². The normalized spacial score (nSPS) is 10.9. The van der Waals surface area contributed by atoms with Crippen LogP contribution in [0.4, 0.5) is 5.69 Å². The zero-order valence-corrected chi connectivity index (χ0v) is 20.3. The maximum Gasteiger partial charge on any atom is 0.240 e. The van der Waals surface area contributed by atoms with Crippen LogP contribution in [0, 0.1) is 0 Å². The van der Waals surface area contributed by atoms with E-state index < -0.39 is 0 Å². The fraction of sp³-hybridized carbons (Fsp3) is 0.138. The number of para-hydroxylation sites is 1. The minimum atomic E-state index is 0.0568. The lowest BCUT2D eigenvalue weighted by Crippen LogP contribution is -2.38. The SMILES string of the molecule is CN(C(=O)CN(Cc1ccccc1)Cc1ccccc1)c1ccccc1-c1ccccc1Br. The number of anilines is 1. The van der Waals surface area contributed by atoms with Gasteiger partial charge in [-0.3, -0.25) is 9.69 Å². The van der Waals surface area contributed by atoms with Gasteiger partial charge in [-0.1, -0.05) is 113 Å².